The summed E-state index contributed by atoms with van der Waals surface area (Å²) in [6.45, 7) is 8.06. The first-order chi connectivity index (χ1) is 27.9. The number of hydrogen-bond donors (Lipinski definition) is 1. The molecule has 0 spiro atoms. The molecule has 9 heteroatoms. The third kappa shape index (κ3) is 6.86. The molecule has 5 aromatic carbocycles. The molecule has 1 N–H and O–H groups in total. The average molecular weight is 776 g/mol. The number of methoxy groups -OCH3 is 1. The van der Waals surface area contributed by atoms with Crippen LogP contribution >= 0.6 is 0 Å². The molecule has 9 nitrogen and oxygen atoms in total. The fraction of sp³-hybridized carbons (Fsp3) is 0.327. The van der Waals surface area contributed by atoms with Gasteiger partial charge in [0.15, 0.2) is 11.5 Å². The molecule has 0 aromatic heterocycles. The van der Waals surface area contributed by atoms with E-state index < -0.39 is 5.41 Å². The molecule has 4 aliphatic heterocycles. The number of rotatable bonds is 8. The monoisotopic (exact) mass is 775 g/mol. The van der Waals surface area contributed by atoms with E-state index in [1.807, 2.05) is 116 Å². The van der Waals surface area contributed by atoms with E-state index in [0.29, 0.717) is 22.7 Å². The number of amides is 3. The molecule has 0 fully saturated rings. The molecule has 0 bridgehead atoms. The summed E-state index contributed by atoms with van der Waals surface area (Å²) in [5, 5.41) is 3.09. The van der Waals surface area contributed by atoms with Crippen molar-refractivity contribution in [3.63, 3.8) is 0 Å². The topological polar surface area (TPSA) is 97.4 Å². The number of ether oxygens (including phenoxy) is 3. The van der Waals surface area contributed by atoms with Crippen molar-refractivity contribution in [3.05, 3.63) is 141 Å². The van der Waals surface area contributed by atoms with Crippen LogP contribution in [0.15, 0.2) is 91.0 Å². The van der Waals surface area contributed by atoms with Crippen LogP contribution in [0.3, 0.4) is 0 Å². The van der Waals surface area contributed by atoms with E-state index in [2.05, 4.69) is 17.4 Å². The number of nitrogens with one attached hydrogen (secondary N) is 1. The minimum absolute atomic E-state index is 0.0123. The minimum Gasteiger partial charge on any atom is -0.493 e. The molecule has 4 heterocycles. The van der Waals surface area contributed by atoms with E-state index in [-0.39, 0.29) is 43.0 Å². The molecule has 3 amide bonds. The van der Waals surface area contributed by atoms with Crippen LogP contribution in [0, 0.1) is 12.3 Å². The normalized spacial score (nSPS) is 17.9. The van der Waals surface area contributed by atoms with Gasteiger partial charge in [-0.2, -0.15) is 0 Å². The van der Waals surface area contributed by atoms with Crippen molar-refractivity contribution in [3.8, 4) is 17.2 Å². The zero-order chi connectivity index (χ0) is 40.3. The van der Waals surface area contributed by atoms with Crippen molar-refractivity contribution in [2.75, 3.05) is 22.2 Å². The number of carbonyl (C=O) groups excluding carboxylic acids is 3. The number of anilines is 3. The lowest BCUT2D eigenvalue weighted by molar-refractivity contribution is -0.123. The standard InChI is InChI=1S/C49H49N3O6/c1-29-18-39-32(14-16-37-22-34-10-6-8-12-41(34)51(37)46(39)53)24-43(29)57-27-30-19-31(21-36(20-30)50-48(55)49(2,3)4)28-58-45-25-33-15-17-38-23-35-11-7-9-13-42(35)52(38)47(54)40(33)26-44(45)56-5/h6-13,18-21,24-26,37-38H,14-17,22-23,27-28H2,1-5H3,(H,50,55)/t37-,38-/m1/s1. The SMILES string of the molecule is COc1cc2c(cc1OCc1cc(COc3cc4c(cc3C)C(=O)N3c5ccccc5C[C@H]3CC4)cc(NC(=O)C(C)(C)C)c1)CC[C@@H]1Cc3ccccc3N1C2=O. The number of benzene rings is 5. The van der Waals surface area contributed by atoms with E-state index in [1.54, 1.807) is 7.11 Å². The van der Waals surface area contributed by atoms with Gasteiger partial charge in [-0.1, -0.05) is 57.2 Å². The molecule has 5 aromatic rings. The van der Waals surface area contributed by atoms with Crippen LogP contribution in [-0.4, -0.2) is 36.9 Å². The Morgan fingerprint density at radius 3 is 1.74 bits per heavy atom. The zero-order valence-corrected chi connectivity index (χ0v) is 33.8. The summed E-state index contributed by atoms with van der Waals surface area (Å²) in [6.07, 6.45) is 5.00. The average Bonchev–Trinajstić information content (AvgIpc) is 3.70. The maximum Gasteiger partial charge on any atom is 0.258 e. The van der Waals surface area contributed by atoms with E-state index in [9.17, 15) is 14.4 Å². The first kappa shape index (κ1) is 37.5. The van der Waals surface area contributed by atoms with Crippen molar-refractivity contribution < 1.29 is 28.6 Å². The van der Waals surface area contributed by atoms with Crippen LogP contribution < -0.4 is 29.3 Å². The largest absolute Gasteiger partial charge is 0.493 e. The second-order valence-electron chi connectivity index (χ2n) is 17.2. The van der Waals surface area contributed by atoms with Gasteiger partial charge in [0.1, 0.15) is 19.0 Å². The lowest BCUT2D eigenvalue weighted by Crippen LogP contribution is -2.36. The Hall–Kier alpha value is -6.09. The molecule has 0 saturated carbocycles. The minimum atomic E-state index is -0.597. The van der Waals surface area contributed by atoms with Crippen LogP contribution in [-0.2, 0) is 43.7 Å². The Bertz CT molecular complexity index is 2480. The predicted molar refractivity (Wildman–Crippen MR) is 225 cm³/mol. The highest BCUT2D eigenvalue weighted by atomic mass is 16.5. The highest BCUT2D eigenvalue weighted by Gasteiger charge is 2.39. The Balaban J connectivity index is 0.958. The van der Waals surface area contributed by atoms with Crippen molar-refractivity contribution in [1.29, 1.82) is 0 Å². The van der Waals surface area contributed by atoms with Crippen LogP contribution in [0.2, 0.25) is 0 Å². The molecular weight excluding hydrogens is 727 g/mol. The summed E-state index contributed by atoms with van der Waals surface area (Å²) < 4.78 is 18.8. The van der Waals surface area contributed by atoms with Crippen molar-refractivity contribution in [2.45, 2.75) is 91.5 Å². The summed E-state index contributed by atoms with van der Waals surface area (Å²) >= 11 is 0. The van der Waals surface area contributed by atoms with Crippen LogP contribution in [0.4, 0.5) is 17.1 Å². The number of fused-ring (bicyclic) bond motifs is 8. The van der Waals surface area contributed by atoms with E-state index >= 15 is 0 Å². The van der Waals surface area contributed by atoms with Gasteiger partial charge in [0.25, 0.3) is 11.8 Å². The van der Waals surface area contributed by atoms with Crippen LogP contribution in [0.1, 0.15) is 93.3 Å². The van der Waals surface area contributed by atoms with Gasteiger partial charge in [0.05, 0.1) is 7.11 Å². The zero-order valence-electron chi connectivity index (χ0n) is 33.8. The van der Waals surface area contributed by atoms with Crippen LogP contribution in [0.5, 0.6) is 17.2 Å². The number of carbonyl (C=O) groups is 3. The molecule has 0 aliphatic carbocycles. The smallest absolute Gasteiger partial charge is 0.258 e. The van der Waals surface area contributed by atoms with Gasteiger partial charge in [0, 0.05) is 45.7 Å². The Kier molecular flexibility index (Phi) is 9.49. The van der Waals surface area contributed by atoms with E-state index in [0.717, 1.165) is 89.0 Å². The van der Waals surface area contributed by atoms with Gasteiger partial charge < -0.3 is 29.3 Å². The first-order valence-corrected chi connectivity index (χ1v) is 20.3. The molecule has 4 aliphatic rings. The number of aryl methyl sites for hydroxylation is 3. The quantitative estimate of drug-likeness (QED) is 0.169. The number of hydrogen-bond acceptors (Lipinski definition) is 6. The third-order valence-corrected chi connectivity index (χ3v) is 12.1. The molecule has 2 atom stereocenters. The fourth-order valence-electron chi connectivity index (χ4n) is 9.05. The second kappa shape index (κ2) is 14.7. The van der Waals surface area contributed by atoms with Crippen molar-refractivity contribution in [1.82, 2.24) is 0 Å². The number of para-hydroxylation sites is 2. The van der Waals surface area contributed by atoms with Crippen molar-refractivity contribution >= 4 is 34.8 Å². The Morgan fingerprint density at radius 2 is 1.19 bits per heavy atom. The van der Waals surface area contributed by atoms with Crippen LogP contribution in [0.25, 0.3) is 0 Å². The Morgan fingerprint density at radius 1 is 0.672 bits per heavy atom. The van der Waals surface area contributed by atoms with Gasteiger partial charge in [-0.15, -0.1) is 0 Å². The first-order valence-electron chi connectivity index (χ1n) is 20.3. The molecule has 0 unspecified atom stereocenters. The third-order valence-electron chi connectivity index (χ3n) is 12.1. The second-order valence-corrected chi connectivity index (χ2v) is 17.2. The molecule has 0 radical (unpaired) electrons. The maximum absolute atomic E-state index is 14.0. The summed E-state index contributed by atoms with van der Waals surface area (Å²) in [5.41, 5.74) is 10.4. The Labute approximate surface area is 339 Å². The van der Waals surface area contributed by atoms with Gasteiger partial charge in [-0.25, -0.2) is 0 Å². The number of nitrogens with zero attached hydrogens (tertiary/aromatic N) is 2. The summed E-state index contributed by atoms with van der Waals surface area (Å²) in [5.74, 6) is 1.70. The van der Waals surface area contributed by atoms with E-state index in [4.69, 9.17) is 14.2 Å². The van der Waals surface area contributed by atoms with Gasteiger partial charge in [-0.3, -0.25) is 14.4 Å². The highest BCUT2D eigenvalue weighted by molar-refractivity contribution is 6.10. The van der Waals surface area contributed by atoms with E-state index in [1.165, 1.54) is 11.1 Å². The fourth-order valence-corrected chi connectivity index (χ4v) is 9.05. The summed E-state index contributed by atoms with van der Waals surface area (Å²) in [4.78, 5) is 45.1. The molecule has 0 saturated heterocycles. The molecule has 9 rings (SSSR count). The summed E-state index contributed by atoms with van der Waals surface area (Å²) in [7, 11) is 1.59. The molecule has 296 valence electrons. The van der Waals surface area contributed by atoms with Crippen molar-refractivity contribution in [2.24, 2.45) is 5.41 Å². The molecular formula is C49H49N3O6. The lowest BCUT2D eigenvalue weighted by atomic mass is 9.95. The van der Waals surface area contributed by atoms with Gasteiger partial charge in [-0.05, 0) is 139 Å². The summed E-state index contributed by atoms with van der Waals surface area (Å²) in [6, 6.07) is 30.3. The predicted octanol–water partition coefficient (Wildman–Crippen LogP) is 9.18. The molecule has 58 heavy (non-hydrogen) atoms. The van der Waals surface area contributed by atoms with Gasteiger partial charge >= 0.3 is 0 Å². The highest BCUT2D eigenvalue weighted by Crippen LogP contribution is 2.42. The maximum atomic E-state index is 14.0. The van der Waals surface area contributed by atoms with Gasteiger partial charge in [0.2, 0.25) is 5.91 Å². The lowest BCUT2D eigenvalue weighted by Gasteiger charge is -2.23.